The Hall–Kier alpha value is -1.73. The van der Waals surface area contributed by atoms with Crippen molar-refractivity contribution in [2.75, 3.05) is 13.2 Å². The van der Waals surface area contributed by atoms with Gasteiger partial charge in [-0.25, -0.2) is 9.59 Å². The highest BCUT2D eigenvalue weighted by Gasteiger charge is 2.38. The van der Waals surface area contributed by atoms with E-state index < -0.39 is 29.7 Å². The molecule has 7 nitrogen and oxygen atoms in total. The number of ether oxygens (including phenoxy) is 4. The van der Waals surface area contributed by atoms with Crippen LogP contribution in [-0.4, -0.2) is 54.8 Å². The average Bonchev–Trinajstić information content (AvgIpc) is 2.63. The van der Waals surface area contributed by atoms with Gasteiger partial charge in [-0.1, -0.05) is 20.4 Å². The molecule has 0 amide bonds. The van der Waals surface area contributed by atoms with Crippen molar-refractivity contribution in [3.63, 3.8) is 0 Å². The zero-order chi connectivity index (χ0) is 21.2. The second-order valence-electron chi connectivity index (χ2n) is 6.79. The predicted molar refractivity (Wildman–Crippen MR) is 101 cm³/mol. The molecule has 7 heteroatoms. The van der Waals surface area contributed by atoms with E-state index in [2.05, 4.69) is 6.58 Å². The molecule has 0 aromatic carbocycles. The molecule has 0 rings (SSSR count). The van der Waals surface area contributed by atoms with Crippen LogP contribution in [0.2, 0.25) is 0 Å². The highest BCUT2D eigenvalue weighted by atomic mass is 16.6. The summed E-state index contributed by atoms with van der Waals surface area (Å²) >= 11 is 0. The summed E-state index contributed by atoms with van der Waals surface area (Å²) in [7, 11) is 0. The third-order valence-corrected chi connectivity index (χ3v) is 4.29. The Labute approximate surface area is 162 Å². The number of Topliss-reactive ketones (excluding diaryl/α,β-unsaturated/α-hetero) is 1. The number of rotatable bonds is 13. The summed E-state index contributed by atoms with van der Waals surface area (Å²) in [5.41, 5.74) is -0.866. The molecule has 0 bridgehead atoms. The molecule has 27 heavy (non-hydrogen) atoms. The van der Waals surface area contributed by atoms with E-state index in [1.54, 1.807) is 27.7 Å². The van der Waals surface area contributed by atoms with Crippen molar-refractivity contribution in [1.29, 1.82) is 0 Å². The minimum absolute atomic E-state index is 0.00249. The van der Waals surface area contributed by atoms with E-state index >= 15 is 0 Å². The Bertz CT molecular complexity index is 528. The van der Waals surface area contributed by atoms with Gasteiger partial charge in [0.1, 0.15) is 12.2 Å². The SMILES string of the molecule is C=C(C)C(=O)OCCOC(C)(CC)C(=O)C(C)OC(=O)C(C)OC(C)CC. The molecule has 0 saturated carbocycles. The number of carbonyl (C=O) groups excluding carboxylic acids is 3. The normalized spacial score (nSPS) is 16.6. The summed E-state index contributed by atoms with van der Waals surface area (Å²) in [4.78, 5) is 36.2. The molecule has 0 aromatic rings. The fraction of sp³-hybridized carbons (Fsp3) is 0.750. The van der Waals surface area contributed by atoms with Crippen LogP contribution < -0.4 is 0 Å². The lowest BCUT2D eigenvalue weighted by Gasteiger charge is -2.30. The van der Waals surface area contributed by atoms with E-state index in [4.69, 9.17) is 18.9 Å². The lowest BCUT2D eigenvalue weighted by atomic mass is 9.94. The van der Waals surface area contributed by atoms with Crippen molar-refractivity contribution in [3.05, 3.63) is 12.2 Å². The van der Waals surface area contributed by atoms with Gasteiger partial charge in [-0.3, -0.25) is 4.79 Å². The maximum absolute atomic E-state index is 12.7. The van der Waals surface area contributed by atoms with Gasteiger partial charge >= 0.3 is 11.9 Å². The molecule has 0 fully saturated rings. The van der Waals surface area contributed by atoms with E-state index in [9.17, 15) is 14.4 Å². The standard InChI is InChI=1S/C20H34O7/c1-9-14(5)26-16(7)19(23)27-15(6)17(21)20(8,10-2)25-12-11-24-18(22)13(3)4/h14-16H,3,9-12H2,1-2,4-8H3. The Balaban J connectivity index is 4.66. The molecule has 4 unspecified atom stereocenters. The van der Waals surface area contributed by atoms with Gasteiger partial charge in [0.2, 0.25) is 5.78 Å². The molecule has 156 valence electrons. The molecule has 0 aromatic heterocycles. The quantitative estimate of drug-likeness (QED) is 0.273. The molecular formula is C20H34O7. The van der Waals surface area contributed by atoms with E-state index in [1.165, 1.54) is 6.92 Å². The highest BCUT2D eigenvalue weighted by molar-refractivity contribution is 5.92. The summed E-state index contributed by atoms with van der Waals surface area (Å²) in [6, 6.07) is 0. The largest absolute Gasteiger partial charge is 0.460 e. The van der Waals surface area contributed by atoms with Crippen LogP contribution in [0.4, 0.5) is 0 Å². The molecule has 0 radical (unpaired) electrons. The molecule has 0 N–H and O–H groups in total. The van der Waals surface area contributed by atoms with Crippen LogP contribution in [0, 0.1) is 0 Å². The zero-order valence-electron chi connectivity index (χ0n) is 17.6. The van der Waals surface area contributed by atoms with Crippen LogP contribution in [0.25, 0.3) is 0 Å². The highest BCUT2D eigenvalue weighted by Crippen LogP contribution is 2.20. The smallest absolute Gasteiger partial charge is 0.335 e. The molecule has 0 aliphatic rings. The van der Waals surface area contributed by atoms with Crippen LogP contribution in [-0.2, 0) is 33.3 Å². The fourth-order valence-corrected chi connectivity index (χ4v) is 2.13. The second kappa shape index (κ2) is 11.9. The third-order valence-electron chi connectivity index (χ3n) is 4.29. The van der Waals surface area contributed by atoms with Crippen molar-refractivity contribution < 1.29 is 33.3 Å². The predicted octanol–water partition coefficient (Wildman–Crippen LogP) is 3.00. The summed E-state index contributed by atoms with van der Waals surface area (Å²) in [5, 5.41) is 0. The summed E-state index contributed by atoms with van der Waals surface area (Å²) in [5.74, 6) is -1.47. The van der Waals surface area contributed by atoms with Gasteiger partial charge in [-0.15, -0.1) is 0 Å². The van der Waals surface area contributed by atoms with Crippen LogP contribution >= 0.6 is 0 Å². The van der Waals surface area contributed by atoms with Crippen molar-refractivity contribution in [2.45, 2.75) is 85.2 Å². The summed E-state index contributed by atoms with van der Waals surface area (Å²) < 4.78 is 21.3. The van der Waals surface area contributed by atoms with Gasteiger partial charge in [0, 0.05) is 5.57 Å². The Morgan fingerprint density at radius 3 is 2.11 bits per heavy atom. The van der Waals surface area contributed by atoms with Gasteiger partial charge in [0.15, 0.2) is 12.2 Å². The number of hydrogen-bond acceptors (Lipinski definition) is 7. The van der Waals surface area contributed by atoms with Crippen molar-refractivity contribution in [2.24, 2.45) is 0 Å². The zero-order valence-corrected chi connectivity index (χ0v) is 17.6. The van der Waals surface area contributed by atoms with Crippen molar-refractivity contribution in [3.8, 4) is 0 Å². The van der Waals surface area contributed by atoms with Gasteiger partial charge in [0.25, 0.3) is 0 Å². The first-order chi connectivity index (χ1) is 12.5. The first-order valence-electron chi connectivity index (χ1n) is 9.35. The molecule has 0 saturated heterocycles. The molecular weight excluding hydrogens is 352 g/mol. The minimum atomic E-state index is -1.16. The van der Waals surface area contributed by atoms with Crippen LogP contribution in [0.1, 0.15) is 61.3 Å². The monoisotopic (exact) mass is 386 g/mol. The van der Waals surface area contributed by atoms with Crippen LogP contribution in [0.3, 0.4) is 0 Å². The topological polar surface area (TPSA) is 88.1 Å². The Kier molecular flexibility index (Phi) is 11.1. The lowest BCUT2D eigenvalue weighted by molar-refractivity contribution is -0.174. The minimum Gasteiger partial charge on any atom is -0.460 e. The number of hydrogen-bond donors (Lipinski definition) is 0. The maximum Gasteiger partial charge on any atom is 0.335 e. The number of ketones is 1. The second-order valence-corrected chi connectivity index (χ2v) is 6.79. The number of carbonyl (C=O) groups is 3. The van der Waals surface area contributed by atoms with Crippen molar-refractivity contribution in [1.82, 2.24) is 0 Å². The molecule has 0 aliphatic heterocycles. The molecule has 0 spiro atoms. The van der Waals surface area contributed by atoms with E-state index in [-0.39, 0.29) is 25.1 Å². The fourth-order valence-electron chi connectivity index (χ4n) is 2.13. The molecule has 0 aliphatic carbocycles. The summed E-state index contributed by atoms with van der Waals surface area (Å²) in [6.45, 7) is 15.4. The number of esters is 2. The first kappa shape index (κ1) is 25.3. The van der Waals surface area contributed by atoms with Gasteiger partial charge in [0.05, 0.1) is 12.7 Å². The summed E-state index contributed by atoms with van der Waals surface area (Å²) in [6.07, 6.45) is -0.677. The van der Waals surface area contributed by atoms with Crippen LogP contribution in [0.15, 0.2) is 12.2 Å². The first-order valence-corrected chi connectivity index (χ1v) is 9.35. The van der Waals surface area contributed by atoms with Crippen molar-refractivity contribution >= 4 is 17.7 Å². The van der Waals surface area contributed by atoms with E-state index in [1.807, 2.05) is 13.8 Å². The third kappa shape index (κ3) is 8.67. The Morgan fingerprint density at radius 1 is 1.04 bits per heavy atom. The van der Waals surface area contributed by atoms with Gasteiger partial charge < -0.3 is 18.9 Å². The van der Waals surface area contributed by atoms with Gasteiger partial charge in [-0.2, -0.15) is 0 Å². The lowest BCUT2D eigenvalue weighted by Crippen LogP contribution is -2.46. The molecule has 4 atom stereocenters. The van der Waals surface area contributed by atoms with Gasteiger partial charge in [-0.05, 0) is 47.5 Å². The van der Waals surface area contributed by atoms with E-state index in [0.717, 1.165) is 6.42 Å². The maximum atomic E-state index is 12.7. The van der Waals surface area contributed by atoms with E-state index in [0.29, 0.717) is 12.0 Å². The van der Waals surface area contributed by atoms with Crippen LogP contribution in [0.5, 0.6) is 0 Å². The molecule has 0 heterocycles. The average molecular weight is 386 g/mol. The Morgan fingerprint density at radius 2 is 1.63 bits per heavy atom.